The minimum absolute atomic E-state index is 0.126. The molecule has 0 spiro atoms. The average Bonchev–Trinajstić information content (AvgIpc) is 2.37. The quantitative estimate of drug-likeness (QED) is 0.792. The molecule has 1 N–H and O–H groups in total. The number of aryl methyl sites for hydroxylation is 2. The molecule has 98 valence electrons. The van der Waals surface area contributed by atoms with Crippen LogP contribution >= 0.6 is 0 Å². The fourth-order valence-corrected chi connectivity index (χ4v) is 1.25. The second-order valence-electron chi connectivity index (χ2n) is 3.89. The SMILES string of the molecule is COC(=O)CNC(=O)COc1ccc(C)c(C)c1. The number of methoxy groups -OCH3 is 1. The van der Waals surface area contributed by atoms with Crippen LogP contribution in [-0.4, -0.2) is 32.1 Å². The van der Waals surface area contributed by atoms with Crippen LogP contribution in [0.4, 0.5) is 0 Å². The van der Waals surface area contributed by atoms with Crippen LogP contribution < -0.4 is 10.1 Å². The van der Waals surface area contributed by atoms with Crippen molar-refractivity contribution < 1.29 is 19.1 Å². The summed E-state index contributed by atoms with van der Waals surface area (Å²) in [6, 6.07) is 5.59. The van der Waals surface area contributed by atoms with Gasteiger partial charge in [0.2, 0.25) is 0 Å². The maximum Gasteiger partial charge on any atom is 0.325 e. The lowest BCUT2D eigenvalue weighted by atomic mass is 10.1. The lowest BCUT2D eigenvalue weighted by Gasteiger charge is -2.08. The van der Waals surface area contributed by atoms with Gasteiger partial charge in [-0.25, -0.2) is 0 Å². The molecule has 0 aliphatic heterocycles. The molecule has 0 bridgehead atoms. The number of rotatable bonds is 5. The van der Waals surface area contributed by atoms with Crippen LogP contribution in [-0.2, 0) is 14.3 Å². The summed E-state index contributed by atoms with van der Waals surface area (Å²) in [5, 5.41) is 2.39. The topological polar surface area (TPSA) is 64.6 Å². The predicted octanol–water partition coefficient (Wildman–Crippen LogP) is 0.971. The van der Waals surface area contributed by atoms with Gasteiger partial charge >= 0.3 is 5.97 Å². The Morgan fingerprint density at radius 1 is 1.22 bits per heavy atom. The van der Waals surface area contributed by atoms with E-state index < -0.39 is 5.97 Å². The molecule has 0 aromatic heterocycles. The van der Waals surface area contributed by atoms with Crippen molar-refractivity contribution in [2.24, 2.45) is 0 Å². The van der Waals surface area contributed by atoms with E-state index in [2.05, 4.69) is 10.1 Å². The highest BCUT2D eigenvalue weighted by Gasteiger charge is 2.06. The molecule has 0 aliphatic carbocycles. The third kappa shape index (κ3) is 4.45. The third-order valence-corrected chi connectivity index (χ3v) is 2.51. The Morgan fingerprint density at radius 2 is 1.94 bits per heavy atom. The summed E-state index contributed by atoms with van der Waals surface area (Å²) in [6.07, 6.45) is 0. The molecule has 1 aromatic carbocycles. The second-order valence-corrected chi connectivity index (χ2v) is 3.89. The number of carbonyl (C=O) groups is 2. The Labute approximate surface area is 106 Å². The highest BCUT2D eigenvalue weighted by Crippen LogP contribution is 2.16. The predicted molar refractivity (Wildman–Crippen MR) is 66.4 cm³/mol. The van der Waals surface area contributed by atoms with E-state index >= 15 is 0 Å². The molecule has 0 radical (unpaired) electrons. The standard InChI is InChI=1S/C13H17NO4/c1-9-4-5-11(6-10(9)2)18-8-12(15)14-7-13(16)17-3/h4-6H,7-8H2,1-3H3,(H,14,15). The van der Waals surface area contributed by atoms with Crippen LogP contribution in [0.3, 0.4) is 0 Å². The number of benzene rings is 1. The van der Waals surface area contributed by atoms with Crippen molar-refractivity contribution in [1.29, 1.82) is 0 Å². The zero-order chi connectivity index (χ0) is 13.5. The van der Waals surface area contributed by atoms with Crippen LogP contribution in [0.25, 0.3) is 0 Å². The molecule has 18 heavy (non-hydrogen) atoms. The van der Waals surface area contributed by atoms with Gasteiger partial charge in [-0.1, -0.05) is 6.07 Å². The molecule has 0 saturated carbocycles. The van der Waals surface area contributed by atoms with Gasteiger partial charge in [-0.05, 0) is 37.1 Å². The number of hydrogen-bond acceptors (Lipinski definition) is 4. The maximum absolute atomic E-state index is 11.3. The molecule has 0 fully saturated rings. The highest BCUT2D eigenvalue weighted by molar-refractivity contribution is 5.82. The van der Waals surface area contributed by atoms with Crippen LogP contribution in [0.1, 0.15) is 11.1 Å². The van der Waals surface area contributed by atoms with Gasteiger partial charge in [0.25, 0.3) is 5.91 Å². The third-order valence-electron chi connectivity index (χ3n) is 2.51. The fourth-order valence-electron chi connectivity index (χ4n) is 1.25. The summed E-state index contributed by atoms with van der Waals surface area (Å²) in [6.45, 7) is 3.70. The summed E-state index contributed by atoms with van der Waals surface area (Å²) in [7, 11) is 1.26. The number of ether oxygens (including phenoxy) is 2. The Kier molecular flexibility index (Phi) is 5.17. The van der Waals surface area contributed by atoms with Crippen molar-refractivity contribution >= 4 is 11.9 Å². The van der Waals surface area contributed by atoms with E-state index in [1.165, 1.54) is 7.11 Å². The van der Waals surface area contributed by atoms with Gasteiger partial charge in [0.1, 0.15) is 12.3 Å². The maximum atomic E-state index is 11.3. The van der Waals surface area contributed by atoms with Crippen LogP contribution in [0.5, 0.6) is 5.75 Å². The van der Waals surface area contributed by atoms with Gasteiger partial charge in [-0.2, -0.15) is 0 Å². The number of amides is 1. The lowest BCUT2D eigenvalue weighted by molar-refractivity contribution is -0.141. The van der Waals surface area contributed by atoms with Crippen LogP contribution in [0.2, 0.25) is 0 Å². The average molecular weight is 251 g/mol. The van der Waals surface area contributed by atoms with Crippen molar-refractivity contribution in [1.82, 2.24) is 5.32 Å². The Hall–Kier alpha value is -2.04. The van der Waals surface area contributed by atoms with Gasteiger partial charge in [-0.3, -0.25) is 9.59 Å². The first kappa shape index (κ1) is 14.0. The van der Waals surface area contributed by atoms with E-state index in [-0.39, 0.29) is 19.1 Å². The summed E-state index contributed by atoms with van der Waals surface area (Å²) in [5.41, 5.74) is 2.26. The van der Waals surface area contributed by atoms with E-state index in [0.29, 0.717) is 5.75 Å². The fraction of sp³-hybridized carbons (Fsp3) is 0.385. The molecular weight excluding hydrogens is 234 g/mol. The van der Waals surface area contributed by atoms with Crippen molar-refractivity contribution in [3.8, 4) is 5.75 Å². The van der Waals surface area contributed by atoms with Crippen LogP contribution in [0.15, 0.2) is 18.2 Å². The zero-order valence-corrected chi connectivity index (χ0v) is 10.8. The number of esters is 1. The van der Waals surface area contributed by atoms with Crippen LogP contribution in [0, 0.1) is 13.8 Å². The molecule has 5 heteroatoms. The van der Waals surface area contributed by atoms with E-state index in [4.69, 9.17) is 4.74 Å². The van der Waals surface area contributed by atoms with Gasteiger partial charge in [0.05, 0.1) is 7.11 Å². The molecule has 0 saturated heterocycles. The molecule has 0 unspecified atom stereocenters. The molecule has 0 heterocycles. The Bertz CT molecular complexity index is 443. The number of carbonyl (C=O) groups excluding carboxylic acids is 2. The van der Waals surface area contributed by atoms with Crippen molar-refractivity contribution in [2.75, 3.05) is 20.3 Å². The first-order valence-corrected chi connectivity index (χ1v) is 5.56. The van der Waals surface area contributed by atoms with Gasteiger partial charge in [0, 0.05) is 0 Å². The minimum atomic E-state index is -0.491. The zero-order valence-electron chi connectivity index (χ0n) is 10.8. The first-order valence-electron chi connectivity index (χ1n) is 5.56. The van der Waals surface area contributed by atoms with E-state index in [9.17, 15) is 9.59 Å². The highest BCUT2D eigenvalue weighted by atomic mass is 16.5. The Balaban J connectivity index is 2.38. The minimum Gasteiger partial charge on any atom is -0.484 e. The van der Waals surface area contributed by atoms with Crippen molar-refractivity contribution in [3.05, 3.63) is 29.3 Å². The van der Waals surface area contributed by atoms with E-state index in [1.54, 1.807) is 6.07 Å². The number of hydrogen-bond donors (Lipinski definition) is 1. The first-order chi connectivity index (χ1) is 8.52. The molecule has 1 rings (SSSR count). The molecular formula is C13H17NO4. The molecule has 0 aliphatic rings. The number of nitrogens with one attached hydrogen (secondary N) is 1. The van der Waals surface area contributed by atoms with Gasteiger partial charge in [-0.15, -0.1) is 0 Å². The van der Waals surface area contributed by atoms with Gasteiger partial charge in [0.15, 0.2) is 6.61 Å². The summed E-state index contributed by atoms with van der Waals surface area (Å²) in [5.74, 6) is -0.223. The normalized spacial score (nSPS) is 9.72. The van der Waals surface area contributed by atoms with E-state index in [0.717, 1.165) is 11.1 Å². The molecule has 5 nitrogen and oxygen atoms in total. The smallest absolute Gasteiger partial charge is 0.325 e. The Morgan fingerprint density at radius 3 is 2.56 bits per heavy atom. The molecule has 1 aromatic rings. The molecule has 1 amide bonds. The summed E-state index contributed by atoms with van der Waals surface area (Å²) < 4.78 is 9.70. The summed E-state index contributed by atoms with van der Waals surface area (Å²) in [4.78, 5) is 22.1. The van der Waals surface area contributed by atoms with Crippen molar-refractivity contribution in [3.63, 3.8) is 0 Å². The largest absolute Gasteiger partial charge is 0.484 e. The van der Waals surface area contributed by atoms with Crippen molar-refractivity contribution in [2.45, 2.75) is 13.8 Å². The van der Waals surface area contributed by atoms with E-state index in [1.807, 2.05) is 26.0 Å². The molecule has 0 atom stereocenters. The van der Waals surface area contributed by atoms with Gasteiger partial charge < -0.3 is 14.8 Å². The second kappa shape index (κ2) is 6.64. The summed E-state index contributed by atoms with van der Waals surface area (Å²) >= 11 is 0. The monoisotopic (exact) mass is 251 g/mol. The lowest BCUT2D eigenvalue weighted by Crippen LogP contribution is -2.33.